The van der Waals surface area contributed by atoms with Gasteiger partial charge < -0.3 is 4.74 Å². The van der Waals surface area contributed by atoms with Crippen molar-refractivity contribution in [3.63, 3.8) is 0 Å². The summed E-state index contributed by atoms with van der Waals surface area (Å²) < 4.78 is 4.77. The average Bonchev–Trinajstić information content (AvgIpc) is 2.15. The number of carbonyl (C=O) groups is 1. The number of hydrogen-bond acceptors (Lipinski definition) is 2. The zero-order valence-corrected chi connectivity index (χ0v) is 5.17. The van der Waals surface area contributed by atoms with Gasteiger partial charge in [-0.25, -0.2) is 0 Å². The van der Waals surface area contributed by atoms with Gasteiger partial charge in [-0.1, -0.05) is 6.08 Å². The van der Waals surface area contributed by atoms with Gasteiger partial charge in [0.25, 0.3) is 0 Å². The fraction of sp³-hybridized carbons (Fsp3) is 0.429. The van der Waals surface area contributed by atoms with Crippen LogP contribution < -0.4 is 0 Å². The molecule has 0 aliphatic heterocycles. The predicted molar refractivity (Wildman–Crippen MR) is 33.6 cm³/mol. The van der Waals surface area contributed by atoms with Gasteiger partial charge in [0.05, 0.1) is 6.92 Å². The molecule has 9 heavy (non-hydrogen) atoms. The molecule has 49 valence electrons. The van der Waals surface area contributed by atoms with E-state index in [0.29, 0.717) is 0 Å². The third kappa shape index (κ3) is 1.88. The molecule has 0 saturated carbocycles. The molecule has 1 atom stereocenters. The zero-order valence-electron chi connectivity index (χ0n) is 5.17. The summed E-state index contributed by atoms with van der Waals surface area (Å²) in [6.45, 7) is 3.11. The second-order valence-electron chi connectivity index (χ2n) is 2.03. The first kappa shape index (κ1) is 6.33. The highest BCUT2D eigenvalue weighted by Crippen LogP contribution is 2.12. The van der Waals surface area contributed by atoms with Crippen molar-refractivity contribution in [2.24, 2.45) is 0 Å². The minimum Gasteiger partial charge on any atom is -0.458 e. The van der Waals surface area contributed by atoms with Gasteiger partial charge in [0, 0.05) is 0 Å². The third-order valence-corrected chi connectivity index (χ3v) is 1.25. The lowest BCUT2D eigenvalue weighted by molar-refractivity contribution is -0.141. The fourth-order valence-corrected chi connectivity index (χ4v) is 0.872. The van der Waals surface area contributed by atoms with E-state index in [1.807, 2.05) is 12.2 Å². The van der Waals surface area contributed by atoms with Gasteiger partial charge in [-0.05, 0) is 18.9 Å². The SMILES string of the molecule is [CH2]C(=O)OC1C=CCC1. The predicted octanol–water partition coefficient (Wildman–Crippen LogP) is 1.08. The van der Waals surface area contributed by atoms with Crippen LogP contribution in [0.3, 0.4) is 0 Å². The lowest BCUT2D eigenvalue weighted by Gasteiger charge is -2.05. The number of allylic oxidation sites excluding steroid dienone is 1. The summed E-state index contributed by atoms with van der Waals surface area (Å²) in [5.41, 5.74) is 0. The smallest absolute Gasteiger partial charge is 0.306 e. The maximum Gasteiger partial charge on any atom is 0.306 e. The molecule has 0 N–H and O–H groups in total. The molecule has 0 aromatic carbocycles. The number of carbonyl (C=O) groups excluding carboxylic acids is 1. The monoisotopic (exact) mass is 125 g/mol. The highest BCUT2D eigenvalue weighted by molar-refractivity contribution is 5.74. The molecule has 2 nitrogen and oxygen atoms in total. The van der Waals surface area contributed by atoms with Crippen LogP contribution in [0.15, 0.2) is 12.2 Å². The zero-order chi connectivity index (χ0) is 6.69. The van der Waals surface area contributed by atoms with Gasteiger partial charge in [0.2, 0.25) is 0 Å². The molecule has 1 radical (unpaired) electrons. The standard InChI is InChI=1S/C7H9O2/c1-6(8)9-7-4-2-3-5-7/h2,4,7H,1,3,5H2. The molecule has 1 unspecified atom stereocenters. The second kappa shape index (κ2) is 2.67. The first-order valence-corrected chi connectivity index (χ1v) is 2.98. The van der Waals surface area contributed by atoms with Crippen LogP contribution in [0.5, 0.6) is 0 Å². The van der Waals surface area contributed by atoms with Crippen LogP contribution in [0.2, 0.25) is 0 Å². The molecule has 2 heteroatoms. The third-order valence-electron chi connectivity index (χ3n) is 1.25. The van der Waals surface area contributed by atoms with Crippen molar-refractivity contribution in [2.45, 2.75) is 18.9 Å². The molecule has 0 spiro atoms. The molecule has 0 saturated heterocycles. The Bertz CT molecular complexity index is 138. The Kier molecular flexibility index (Phi) is 1.88. The summed E-state index contributed by atoms with van der Waals surface area (Å²) in [7, 11) is 0. The molecule has 1 rings (SSSR count). The largest absolute Gasteiger partial charge is 0.458 e. The molecule has 0 aromatic heterocycles. The summed E-state index contributed by atoms with van der Waals surface area (Å²) in [4.78, 5) is 10.2. The quantitative estimate of drug-likeness (QED) is 0.387. The van der Waals surface area contributed by atoms with Crippen LogP contribution in [-0.4, -0.2) is 12.1 Å². The van der Waals surface area contributed by atoms with Gasteiger partial charge in [0.1, 0.15) is 6.10 Å². The average molecular weight is 125 g/mol. The van der Waals surface area contributed by atoms with Crippen molar-refractivity contribution in [1.82, 2.24) is 0 Å². The number of rotatable bonds is 1. The number of hydrogen-bond donors (Lipinski definition) is 0. The summed E-state index contributed by atoms with van der Waals surface area (Å²) >= 11 is 0. The molecular formula is C7H9O2. The Morgan fingerprint density at radius 2 is 2.56 bits per heavy atom. The van der Waals surface area contributed by atoms with E-state index in [0.717, 1.165) is 12.8 Å². The van der Waals surface area contributed by atoms with Crippen LogP contribution in [0.1, 0.15) is 12.8 Å². The van der Waals surface area contributed by atoms with Crippen molar-refractivity contribution >= 4 is 5.97 Å². The Balaban J connectivity index is 2.28. The van der Waals surface area contributed by atoms with Crippen molar-refractivity contribution < 1.29 is 9.53 Å². The highest BCUT2D eigenvalue weighted by Gasteiger charge is 2.10. The Morgan fingerprint density at radius 1 is 1.78 bits per heavy atom. The maximum absolute atomic E-state index is 10.2. The van der Waals surface area contributed by atoms with E-state index in [2.05, 4.69) is 6.92 Å². The highest BCUT2D eigenvalue weighted by atomic mass is 16.5. The molecule has 0 bridgehead atoms. The molecule has 0 aromatic rings. The Hall–Kier alpha value is -0.790. The summed E-state index contributed by atoms with van der Waals surface area (Å²) in [5, 5.41) is 0. The van der Waals surface area contributed by atoms with E-state index < -0.39 is 5.97 Å². The van der Waals surface area contributed by atoms with Crippen LogP contribution >= 0.6 is 0 Å². The van der Waals surface area contributed by atoms with Crippen LogP contribution in [0, 0.1) is 6.92 Å². The molecule has 1 aliphatic carbocycles. The topological polar surface area (TPSA) is 26.3 Å². The van der Waals surface area contributed by atoms with Gasteiger partial charge in [-0.15, -0.1) is 0 Å². The Labute approximate surface area is 54.5 Å². The molecular weight excluding hydrogens is 116 g/mol. The minimum absolute atomic E-state index is 0.00463. The van der Waals surface area contributed by atoms with E-state index in [4.69, 9.17) is 4.74 Å². The van der Waals surface area contributed by atoms with E-state index in [1.165, 1.54) is 0 Å². The van der Waals surface area contributed by atoms with Crippen molar-refractivity contribution in [3.05, 3.63) is 19.1 Å². The number of esters is 1. The first-order chi connectivity index (χ1) is 4.29. The van der Waals surface area contributed by atoms with E-state index >= 15 is 0 Å². The van der Waals surface area contributed by atoms with E-state index in [-0.39, 0.29) is 6.10 Å². The van der Waals surface area contributed by atoms with Crippen LogP contribution in [0.25, 0.3) is 0 Å². The van der Waals surface area contributed by atoms with Gasteiger partial charge in [0.15, 0.2) is 0 Å². The lowest BCUT2D eigenvalue weighted by atomic mass is 10.3. The van der Waals surface area contributed by atoms with E-state index in [1.54, 1.807) is 0 Å². The lowest BCUT2D eigenvalue weighted by Crippen LogP contribution is -2.10. The molecule has 0 amide bonds. The maximum atomic E-state index is 10.2. The minimum atomic E-state index is -0.438. The molecule has 0 fully saturated rings. The van der Waals surface area contributed by atoms with Gasteiger partial charge in [-0.2, -0.15) is 0 Å². The van der Waals surface area contributed by atoms with E-state index in [9.17, 15) is 4.79 Å². The van der Waals surface area contributed by atoms with Gasteiger partial charge in [-0.3, -0.25) is 4.79 Å². The van der Waals surface area contributed by atoms with Gasteiger partial charge >= 0.3 is 5.97 Å². The fourth-order valence-electron chi connectivity index (χ4n) is 0.872. The summed E-state index contributed by atoms with van der Waals surface area (Å²) in [5.74, 6) is -0.438. The number of ether oxygens (including phenoxy) is 1. The van der Waals surface area contributed by atoms with Crippen molar-refractivity contribution in [3.8, 4) is 0 Å². The summed E-state index contributed by atoms with van der Waals surface area (Å²) in [6.07, 6.45) is 5.82. The van der Waals surface area contributed by atoms with Crippen LogP contribution in [0.4, 0.5) is 0 Å². The van der Waals surface area contributed by atoms with Crippen LogP contribution in [-0.2, 0) is 9.53 Å². The Morgan fingerprint density at radius 3 is 3.00 bits per heavy atom. The molecule has 0 heterocycles. The summed E-state index contributed by atoms with van der Waals surface area (Å²) in [6, 6.07) is 0. The first-order valence-electron chi connectivity index (χ1n) is 2.98. The normalized spacial score (nSPS) is 24.3. The second-order valence-corrected chi connectivity index (χ2v) is 2.03. The van der Waals surface area contributed by atoms with Crippen molar-refractivity contribution in [2.75, 3.05) is 0 Å². The molecule has 1 aliphatic rings. The van der Waals surface area contributed by atoms with Crippen molar-refractivity contribution in [1.29, 1.82) is 0 Å².